The molecule has 2 aromatic carbocycles. The van der Waals surface area contributed by atoms with Gasteiger partial charge in [0.25, 0.3) is 5.91 Å². The van der Waals surface area contributed by atoms with Crippen molar-refractivity contribution in [3.63, 3.8) is 0 Å². The SMILES string of the molecule is O=C(C1=C(c2ccccc2)C(=O)N(c2ccccc2)C1=S)c1ccncc1. The molecule has 5 heteroatoms. The van der Waals surface area contributed by atoms with E-state index in [1.54, 1.807) is 36.7 Å². The second-order valence-electron chi connectivity index (χ2n) is 5.96. The van der Waals surface area contributed by atoms with Crippen molar-refractivity contribution >= 4 is 40.2 Å². The van der Waals surface area contributed by atoms with Crippen LogP contribution in [-0.4, -0.2) is 21.7 Å². The van der Waals surface area contributed by atoms with E-state index in [1.165, 1.54) is 4.90 Å². The van der Waals surface area contributed by atoms with Crippen LogP contribution in [0.5, 0.6) is 0 Å². The molecule has 2 heterocycles. The number of benzene rings is 2. The zero-order valence-electron chi connectivity index (χ0n) is 14.2. The Bertz CT molecular complexity index is 1060. The van der Waals surface area contributed by atoms with Gasteiger partial charge in [-0.15, -0.1) is 0 Å². The first kappa shape index (κ1) is 17.0. The maximum Gasteiger partial charge on any atom is 0.264 e. The number of carbonyl (C=O) groups is 2. The molecular formula is C22H14N2O2S. The van der Waals surface area contributed by atoms with E-state index in [9.17, 15) is 9.59 Å². The Morgan fingerprint density at radius 3 is 2.07 bits per heavy atom. The molecule has 0 saturated carbocycles. The van der Waals surface area contributed by atoms with Crippen LogP contribution in [0.1, 0.15) is 15.9 Å². The fourth-order valence-electron chi connectivity index (χ4n) is 3.07. The van der Waals surface area contributed by atoms with Crippen LogP contribution in [0.4, 0.5) is 5.69 Å². The van der Waals surface area contributed by atoms with Crippen LogP contribution >= 0.6 is 12.2 Å². The van der Waals surface area contributed by atoms with Gasteiger partial charge in [0.1, 0.15) is 4.99 Å². The van der Waals surface area contributed by atoms with Crippen LogP contribution < -0.4 is 4.90 Å². The minimum Gasteiger partial charge on any atom is -0.288 e. The first-order valence-electron chi connectivity index (χ1n) is 8.36. The Hall–Kier alpha value is -3.44. The Labute approximate surface area is 161 Å². The summed E-state index contributed by atoms with van der Waals surface area (Å²) in [6.07, 6.45) is 3.09. The highest BCUT2D eigenvalue weighted by molar-refractivity contribution is 7.81. The van der Waals surface area contributed by atoms with E-state index in [0.717, 1.165) is 0 Å². The van der Waals surface area contributed by atoms with Gasteiger partial charge in [0, 0.05) is 18.0 Å². The number of Topliss-reactive ketones (excluding diaryl/α,β-unsaturated/α-hetero) is 1. The first-order valence-corrected chi connectivity index (χ1v) is 8.77. The molecule has 4 rings (SSSR count). The maximum absolute atomic E-state index is 13.3. The molecule has 0 saturated heterocycles. The van der Waals surface area contributed by atoms with E-state index in [-0.39, 0.29) is 22.3 Å². The quantitative estimate of drug-likeness (QED) is 0.513. The predicted molar refractivity (Wildman–Crippen MR) is 108 cm³/mol. The number of nitrogens with zero attached hydrogens (tertiary/aromatic N) is 2. The van der Waals surface area contributed by atoms with Crippen molar-refractivity contribution in [3.8, 4) is 0 Å². The third-order valence-electron chi connectivity index (χ3n) is 4.33. The molecule has 0 bridgehead atoms. The van der Waals surface area contributed by atoms with Gasteiger partial charge in [-0.1, -0.05) is 60.7 Å². The molecule has 0 radical (unpaired) electrons. The van der Waals surface area contributed by atoms with Gasteiger partial charge in [-0.05, 0) is 29.8 Å². The topological polar surface area (TPSA) is 50.3 Å². The predicted octanol–water partition coefficient (Wildman–Crippen LogP) is 4.09. The number of anilines is 1. The van der Waals surface area contributed by atoms with Gasteiger partial charge in [0.15, 0.2) is 5.78 Å². The van der Waals surface area contributed by atoms with E-state index < -0.39 is 0 Å². The number of carbonyl (C=O) groups excluding carboxylic acids is 2. The van der Waals surface area contributed by atoms with E-state index in [0.29, 0.717) is 22.4 Å². The molecule has 4 nitrogen and oxygen atoms in total. The molecule has 0 fully saturated rings. The summed E-state index contributed by atoms with van der Waals surface area (Å²) in [5, 5.41) is 0. The van der Waals surface area contributed by atoms with Crippen molar-refractivity contribution in [2.75, 3.05) is 4.90 Å². The summed E-state index contributed by atoms with van der Waals surface area (Å²) in [5.74, 6) is -0.581. The molecule has 1 amide bonds. The average molecular weight is 370 g/mol. The Morgan fingerprint density at radius 2 is 1.44 bits per heavy atom. The largest absolute Gasteiger partial charge is 0.288 e. The summed E-state index contributed by atoms with van der Waals surface area (Å²) in [6, 6.07) is 21.5. The lowest BCUT2D eigenvalue weighted by Crippen LogP contribution is -2.31. The highest BCUT2D eigenvalue weighted by Crippen LogP contribution is 2.35. The second-order valence-corrected chi connectivity index (χ2v) is 6.35. The van der Waals surface area contributed by atoms with Crippen molar-refractivity contribution in [2.45, 2.75) is 0 Å². The van der Waals surface area contributed by atoms with Crippen LogP contribution in [0.15, 0.2) is 90.8 Å². The van der Waals surface area contributed by atoms with E-state index in [2.05, 4.69) is 4.98 Å². The molecule has 27 heavy (non-hydrogen) atoms. The number of thiocarbonyl (C=S) groups is 1. The molecule has 0 N–H and O–H groups in total. The lowest BCUT2D eigenvalue weighted by atomic mass is 9.96. The summed E-state index contributed by atoms with van der Waals surface area (Å²) >= 11 is 5.59. The van der Waals surface area contributed by atoms with Crippen LogP contribution in [0, 0.1) is 0 Å². The van der Waals surface area contributed by atoms with Gasteiger partial charge in [0.2, 0.25) is 0 Å². The number of para-hydroxylation sites is 1. The van der Waals surface area contributed by atoms with E-state index in [1.807, 2.05) is 48.5 Å². The highest BCUT2D eigenvalue weighted by Gasteiger charge is 2.40. The van der Waals surface area contributed by atoms with Gasteiger partial charge in [-0.25, -0.2) is 0 Å². The summed E-state index contributed by atoms with van der Waals surface area (Å²) < 4.78 is 0. The van der Waals surface area contributed by atoms with E-state index in [4.69, 9.17) is 12.2 Å². The van der Waals surface area contributed by atoms with Crippen LogP contribution in [-0.2, 0) is 4.79 Å². The van der Waals surface area contributed by atoms with E-state index >= 15 is 0 Å². The molecular weight excluding hydrogens is 356 g/mol. The lowest BCUT2D eigenvalue weighted by molar-refractivity contribution is -0.112. The minimum absolute atomic E-state index is 0.215. The molecule has 130 valence electrons. The Morgan fingerprint density at radius 1 is 0.852 bits per heavy atom. The molecule has 0 unspecified atom stereocenters. The number of aromatic nitrogens is 1. The molecule has 1 aliphatic heterocycles. The molecule has 0 spiro atoms. The Kier molecular flexibility index (Phi) is 4.44. The fraction of sp³-hybridized carbons (Fsp3) is 0. The number of ketones is 1. The summed E-state index contributed by atoms with van der Waals surface area (Å²) in [7, 11) is 0. The Balaban J connectivity index is 1.89. The zero-order chi connectivity index (χ0) is 18.8. The molecule has 1 aromatic heterocycles. The maximum atomic E-state index is 13.3. The summed E-state index contributed by atoms with van der Waals surface area (Å²) in [6.45, 7) is 0. The average Bonchev–Trinajstić information content (AvgIpc) is 2.99. The first-order chi connectivity index (χ1) is 13.2. The number of hydrogen-bond donors (Lipinski definition) is 0. The van der Waals surface area contributed by atoms with Gasteiger partial charge >= 0.3 is 0 Å². The van der Waals surface area contributed by atoms with Crippen LogP contribution in [0.3, 0.4) is 0 Å². The van der Waals surface area contributed by atoms with Crippen LogP contribution in [0.25, 0.3) is 5.57 Å². The van der Waals surface area contributed by atoms with Crippen molar-refractivity contribution in [1.82, 2.24) is 4.98 Å². The molecule has 0 aliphatic carbocycles. The lowest BCUT2D eigenvalue weighted by Gasteiger charge is -2.17. The number of rotatable bonds is 4. The standard InChI is InChI=1S/C22H14N2O2S/c25-20(16-11-13-23-14-12-16)19-18(15-7-3-1-4-8-15)21(26)24(22(19)27)17-9-5-2-6-10-17/h1-14H. The minimum atomic E-state index is -0.296. The molecule has 3 aromatic rings. The van der Waals surface area contributed by atoms with Crippen molar-refractivity contribution in [2.24, 2.45) is 0 Å². The highest BCUT2D eigenvalue weighted by atomic mass is 32.1. The van der Waals surface area contributed by atoms with Gasteiger partial charge in [-0.3, -0.25) is 19.5 Å². The van der Waals surface area contributed by atoms with Crippen LogP contribution in [0.2, 0.25) is 0 Å². The van der Waals surface area contributed by atoms with Gasteiger partial charge < -0.3 is 0 Å². The second kappa shape index (κ2) is 7.05. The molecule has 1 aliphatic rings. The number of pyridine rings is 1. The number of hydrogen-bond acceptors (Lipinski definition) is 4. The summed E-state index contributed by atoms with van der Waals surface area (Å²) in [4.78, 5) is 32.1. The monoisotopic (exact) mass is 370 g/mol. The molecule has 0 atom stereocenters. The number of amides is 1. The van der Waals surface area contributed by atoms with Gasteiger partial charge in [-0.2, -0.15) is 0 Å². The third kappa shape index (κ3) is 2.98. The van der Waals surface area contributed by atoms with Crippen molar-refractivity contribution in [1.29, 1.82) is 0 Å². The van der Waals surface area contributed by atoms with Crippen molar-refractivity contribution < 1.29 is 9.59 Å². The fourth-order valence-corrected chi connectivity index (χ4v) is 3.46. The summed E-state index contributed by atoms with van der Waals surface area (Å²) in [5.41, 5.74) is 2.32. The normalized spacial score (nSPS) is 14.0. The van der Waals surface area contributed by atoms with Gasteiger partial charge in [0.05, 0.1) is 16.8 Å². The van der Waals surface area contributed by atoms with Crippen molar-refractivity contribution in [3.05, 3.63) is 102 Å². The third-order valence-corrected chi connectivity index (χ3v) is 4.72. The zero-order valence-corrected chi connectivity index (χ0v) is 15.0. The smallest absolute Gasteiger partial charge is 0.264 e.